The zero-order valence-electron chi connectivity index (χ0n) is 9.76. The molecule has 9 nitrogen and oxygen atoms in total. The molecule has 0 aliphatic rings. The van der Waals surface area contributed by atoms with Gasteiger partial charge in [-0.3, -0.25) is 14.9 Å². The van der Waals surface area contributed by atoms with Crippen molar-refractivity contribution < 1.29 is 9.59 Å². The summed E-state index contributed by atoms with van der Waals surface area (Å²) in [6.07, 6.45) is 0. The fourth-order valence-electron chi connectivity index (χ4n) is 0.924. The topological polar surface area (TPSA) is 132 Å². The van der Waals surface area contributed by atoms with E-state index in [1.807, 2.05) is 0 Å². The van der Waals surface area contributed by atoms with Gasteiger partial charge in [0, 0.05) is 7.05 Å². The summed E-state index contributed by atoms with van der Waals surface area (Å²) in [6.45, 7) is 1.48. The van der Waals surface area contributed by atoms with Crippen LogP contribution in [0.5, 0.6) is 0 Å². The molecule has 0 bridgehead atoms. The number of urea groups is 1. The third-order valence-electron chi connectivity index (χ3n) is 1.83. The molecule has 1 rings (SSSR count). The molecule has 0 radical (unpaired) electrons. The van der Waals surface area contributed by atoms with Crippen LogP contribution in [0.2, 0.25) is 0 Å². The van der Waals surface area contributed by atoms with Gasteiger partial charge in [-0.25, -0.2) is 4.79 Å². The number of carbonyl (C=O) groups excluding carboxylic acids is 2. The summed E-state index contributed by atoms with van der Waals surface area (Å²) in [5, 5.41) is 11.7. The molecule has 1 aromatic rings. The minimum atomic E-state index is -0.610. The molecule has 0 aliphatic carbocycles. The number of thioether (sulfide) groups is 1. The molecular weight excluding hydrogens is 260 g/mol. The van der Waals surface area contributed by atoms with Crippen molar-refractivity contribution in [3.8, 4) is 0 Å². The van der Waals surface area contributed by atoms with Crippen LogP contribution >= 0.6 is 11.8 Å². The first-order valence-corrected chi connectivity index (χ1v) is 5.80. The first-order chi connectivity index (χ1) is 8.45. The zero-order valence-corrected chi connectivity index (χ0v) is 10.6. The second-order valence-electron chi connectivity index (χ2n) is 3.16. The molecule has 1 aromatic heterocycles. The van der Waals surface area contributed by atoms with Crippen molar-refractivity contribution in [2.24, 2.45) is 0 Å². The van der Waals surface area contributed by atoms with Gasteiger partial charge < -0.3 is 11.2 Å². The summed E-state index contributed by atoms with van der Waals surface area (Å²) in [7, 11) is 1.39. The normalized spacial score (nSPS) is 9.89. The molecule has 0 saturated heterocycles. The minimum absolute atomic E-state index is 0.0951. The van der Waals surface area contributed by atoms with E-state index in [1.165, 1.54) is 14.0 Å². The molecule has 10 heteroatoms. The molecule has 4 N–H and O–H groups in total. The standard InChI is InChI=1S/C8H12N6O3S/c1-4-6(16)14(9)8(13-12-4)18-3-5(15)11-7(17)10-2/h3,9H2,1-2H3,(H2,10,11,15,17). The summed E-state index contributed by atoms with van der Waals surface area (Å²) >= 11 is 0.903. The number of nitrogens with two attached hydrogens (primary N) is 1. The van der Waals surface area contributed by atoms with E-state index in [0.29, 0.717) is 0 Å². The highest BCUT2D eigenvalue weighted by Gasteiger charge is 2.11. The first-order valence-electron chi connectivity index (χ1n) is 4.81. The number of aryl methyl sites for hydroxylation is 1. The summed E-state index contributed by atoms with van der Waals surface area (Å²) < 4.78 is 0.806. The van der Waals surface area contributed by atoms with Crippen molar-refractivity contribution in [3.05, 3.63) is 16.0 Å². The fourth-order valence-corrected chi connectivity index (χ4v) is 1.58. The Morgan fingerprint density at radius 1 is 1.44 bits per heavy atom. The molecule has 0 aromatic carbocycles. The number of hydrogen-bond donors (Lipinski definition) is 3. The molecule has 0 spiro atoms. The molecule has 18 heavy (non-hydrogen) atoms. The first kappa shape index (κ1) is 14.0. The highest BCUT2D eigenvalue weighted by atomic mass is 32.2. The van der Waals surface area contributed by atoms with E-state index in [-0.39, 0.29) is 16.6 Å². The third kappa shape index (κ3) is 3.45. The van der Waals surface area contributed by atoms with Gasteiger partial charge in [-0.2, -0.15) is 4.68 Å². The van der Waals surface area contributed by atoms with Crippen LogP contribution in [0.25, 0.3) is 0 Å². The smallest absolute Gasteiger partial charge is 0.321 e. The molecule has 0 atom stereocenters. The average molecular weight is 272 g/mol. The summed E-state index contributed by atoms with van der Waals surface area (Å²) in [4.78, 5) is 33.5. The quantitative estimate of drug-likeness (QED) is 0.437. The number of nitrogens with one attached hydrogen (secondary N) is 2. The number of amides is 3. The van der Waals surface area contributed by atoms with Crippen molar-refractivity contribution in [1.29, 1.82) is 0 Å². The van der Waals surface area contributed by atoms with E-state index in [1.54, 1.807) is 0 Å². The third-order valence-corrected chi connectivity index (χ3v) is 2.78. The van der Waals surface area contributed by atoms with Gasteiger partial charge in [0.2, 0.25) is 11.1 Å². The number of carbonyl (C=O) groups is 2. The lowest BCUT2D eigenvalue weighted by molar-refractivity contribution is -0.117. The number of nitrogens with zero attached hydrogens (tertiary/aromatic N) is 3. The Balaban J connectivity index is 2.65. The molecule has 0 aliphatic heterocycles. The molecule has 3 amide bonds. The lowest BCUT2D eigenvalue weighted by atomic mass is 10.5. The Morgan fingerprint density at radius 3 is 2.72 bits per heavy atom. The van der Waals surface area contributed by atoms with Gasteiger partial charge in [0.05, 0.1) is 5.75 Å². The Bertz CT molecular complexity index is 528. The number of aromatic nitrogens is 3. The molecule has 1 heterocycles. The Kier molecular flexibility index (Phi) is 4.66. The number of nitrogen functional groups attached to an aromatic ring is 1. The van der Waals surface area contributed by atoms with E-state index in [0.717, 1.165) is 16.4 Å². The van der Waals surface area contributed by atoms with Crippen LogP contribution in [0.4, 0.5) is 4.79 Å². The molecule has 0 unspecified atom stereocenters. The van der Waals surface area contributed by atoms with Crippen LogP contribution in [0, 0.1) is 6.92 Å². The van der Waals surface area contributed by atoms with E-state index in [4.69, 9.17) is 5.84 Å². The van der Waals surface area contributed by atoms with Crippen LogP contribution in [-0.2, 0) is 4.79 Å². The lowest BCUT2D eigenvalue weighted by Gasteiger charge is -2.05. The average Bonchev–Trinajstić information content (AvgIpc) is 2.35. The van der Waals surface area contributed by atoms with Crippen LogP contribution < -0.4 is 22.0 Å². The van der Waals surface area contributed by atoms with E-state index >= 15 is 0 Å². The maximum absolute atomic E-state index is 11.4. The summed E-state index contributed by atoms with van der Waals surface area (Å²) in [5.74, 6) is 4.82. The van der Waals surface area contributed by atoms with Gasteiger partial charge in [-0.05, 0) is 6.92 Å². The van der Waals surface area contributed by atoms with E-state index < -0.39 is 17.5 Å². The molecule has 0 saturated carbocycles. The van der Waals surface area contributed by atoms with Gasteiger partial charge >= 0.3 is 6.03 Å². The van der Waals surface area contributed by atoms with Gasteiger partial charge in [-0.1, -0.05) is 11.8 Å². The second kappa shape index (κ2) is 6.00. The molecular formula is C8H12N6O3S. The fraction of sp³-hybridized carbons (Fsp3) is 0.375. The van der Waals surface area contributed by atoms with Crippen LogP contribution in [0.1, 0.15) is 5.69 Å². The van der Waals surface area contributed by atoms with Gasteiger partial charge in [-0.15, -0.1) is 10.2 Å². The Hall–Kier alpha value is -2.10. The minimum Gasteiger partial charge on any atom is -0.341 e. The predicted molar refractivity (Wildman–Crippen MR) is 64.5 cm³/mol. The van der Waals surface area contributed by atoms with Crippen molar-refractivity contribution in [2.75, 3.05) is 18.6 Å². The lowest BCUT2D eigenvalue weighted by Crippen LogP contribution is -2.38. The van der Waals surface area contributed by atoms with Crippen molar-refractivity contribution in [2.45, 2.75) is 12.1 Å². The van der Waals surface area contributed by atoms with Gasteiger partial charge in [0.25, 0.3) is 5.56 Å². The van der Waals surface area contributed by atoms with E-state index in [2.05, 4.69) is 20.8 Å². The molecule has 98 valence electrons. The van der Waals surface area contributed by atoms with Crippen LogP contribution in [-0.4, -0.2) is 39.6 Å². The highest BCUT2D eigenvalue weighted by molar-refractivity contribution is 7.99. The maximum atomic E-state index is 11.4. The molecule has 0 fully saturated rings. The zero-order chi connectivity index (χ0) is 13.7. The second-order valence-corrected chi connectivity index (χ2v) is 4.10. The van der Waals surface area contributed by atoms with Crippen molar-refractivity contribution >= 4 is 23.7 Å². The Morgan fingerprint density at radius 2 is 2.11 bits per heavy atom. The predicted octanol–water partition coefficient (Wildman–Crippen LogP) is -1.79. The summed E-state index contributed by atoms with van der Waals surface area (Å²) in [5.41, 5.74) is -0.323. The van der Waals surface area contributed by atoms with Crippen molar-refractivity contribution in [1.82, 2.24) is 25.5 Å². The number of imide groups is 1. The summed E-state index contributed by atoms with van der Waals surface area (Å²) in [6, 6.07) is -0.610. The SMILES string of the molecule is CNC(=O)NC(=O)CSc1nnc(C)c(=O)n1N. The highest BCUT2D eigenvalue weighted by Crippen LogP contribution is 2.10. The van der Waals surface area contributed by atoms with Crippen LogP contribution in [0.15, 0.2) is 9.95 Å². The number of rotatable bonds is 3. The number of hydrogen-bond acceptors (Lipinski definition) is 7. The van der Waals surface area contributed by atoms with Crippen molar-refractivity contribution in [3.63, 3.8) is 0 Å². The monoisotopic (exact) mass is 272 g/mol. The largest absolute Gasteiger partial charge is 0.341 e. The van der Waals surface area contributed by atoms with Gasteiger partial charge in [0.15, 0.2) is 0 Å². The Labute approximate surface area is 106 Å². The van der Waals surface area contributed by atoms with Crippen LogP contribution in [0.3, 0.4) is 0 Å². The van der Waals surface area contributed by atoms with E-state index in [9.17, 15) is 14.4 Å². The van der Waals surface area contributed by atoms with Gasteiger partial charge in [0.1, 0.15) is 5.69 Å². The maximum Gasteiger partial charge on any atom is 0.321 e.